The molecule has 0 atom stereocenters. The highest BCUT2D eigenvalue weighted by Crippen LogP contribution is 2.41. The maximum absolute atomic E-state index is 14.2. The molecule has 6 rings (SSSR count). The van der Waals surface area contributed by atoms with Crippen molar-refractivity contribution in [2.24, 2.45) is 7.05 Å². The van der Waals surface area contributed by atoms with Crippen molar-refractivity contribution in [3.63, 3.8) is 0 Å². The minimum Gasteiger partial charge on any atom is -0.334 e. The molecule has 2 N–H and O–H groups in total. The molecule has 0 spiro atoms. The molecule has 46 heavy (non-hydrogen) atoms. The monoisotopic (exact) mass is 624 g/mol. The minimum absolute atomic E-state index is 0.0490. The second-order valence-electron chi connectivity index (χ2n) is 11.5. The van der Waals surface area contributed by atoms with E-state index in [2.05, 4.69) is 15.6 Å². The molecular formula is C35H31F3N6O2. The van der Waals surface area contributed by atoms with E-state index in [1.165, 1.54) is 64.9 Å². The number of anilines is 1. The molecule has 8 nitrogen and oxygen atoms in total. The number of fused-ring (bicyclic) bond motifs is 2. The molecular weight excluding hydrogens is 593 g/mol. The Morgan fingerprint density at radius 2 is 1.85 bits per heavy atom. The van der Waals surface area contributed by atoms with E-state index in [9.17, 15) is 28.0 Å². The number of aryl methyl sites for hydroxylation is 1. The number of halogens is 3. The number of hydrogen-bond donors (Lipinski definition) is 2. The van der Waals surface area contributed by atoms with Crippen LogP contribution in [-0.4, -0.2) is 38.2 Å². The predicted molar refractivity (Wildman–Crippen MR) is 169 cm³/mol. The lowest BCUT2D eigenvalue weighted by Gasteiger charge is -2.21. The number of carbonyl (C=O) groups is 2. The fourth-order valence-corrected chi connectivity index (χ4v) is 6.10. The fourth-order valence-electron chi connectivity index (χ4n) is 6.10. The third-order valence-electron chi connectivity index (χ3n) is 8.44. The number of amides is 1. The Hall–Kier alpha value is -5.21. The molecule has 3 heterocycles. The summed E-state index contributed by atoms with van der Waals surface area (Å²) < 4.78 is 45.8. The van der Waals surface area contributed by atoms with E-state index < -0.39 is 23.4 Å². The summed E-state index contributed by atoms with van der Waals surface area (Å²) in [5, 5.41) is 15.9. The van der Waals surface area contributed by atoms with Crippen LogP contribution in [-0.2, 0) is 18.0 Å². The third kappa shape index (κ3) is 6.17. The van der Waals surface area contributed by atoms with Gasteiger partial charge in [-0.15, -0.1) is 0 Å². The molecule has 0 unspecified atom stereocenters. The van der Waals surface area contributed by atoms with E-state index in [-0.39, 0.29) is 28.1 Å². The predicted octanol–water partition coefficient (Wildman–Crippen LogP) is 7.03. The Balaban J connectivity index is 1.25. The number of ketones is 1. The van der Waals surface area contributed by atoms with E-state index in [4.69, 9.17) is 0 Å². The number of hydrogen-bond acceptors (Lipinski definition) is 5. The quantitative estimate of drug-likeness (QED) is 0.143. The standard InChI is InChI=1S/C35H31F3N6O2/c1-43-21-41-29-18-26(27(19-32(29)43)35(36,37)38)25-9-6-16-44-30(25)13-14-31(44)34(46)22-11-12-28(23(17-22)20-39)42-33(45)10-5-15-40-24-7-3-2-4-8-24/h5-6,9-14,16-19,21,24,40H,2-4,7-8,15H2,1H3,(H,42,45)/b10-5+. The second-order valence-corrected chi connectivity index (χ2v) is 11.5. The molecule has 1 saturated carbocycles. The molecule has 0 bridgehead atoms. The van der Waals surface area contributed by atoms with Crippen LogP contribution in [0.1, 0.15) is 59.3 Å². The van der Waals surface area contributed by atoms with Gasteiger partial charge in [-0.2, -0.15) is 18.4 Å². The lowest BCUT2D eigenvalue weighted by atomic mass is 9.95. The average Bonchev–Trinajstić information content (AvgIpc) is 3.65. The zero-order chi connectivity index (χ0) is 32.4. The first-order chi connectivity index (χ1) is 22.1. The second kappa shape index (κ2) is 12.7. The zero-order valence-electron chi connectivity index (χ0n) is 25.1. The van der Waals surface area contributed by atoms with Gasteiger partial charge in [0.2, 0.25) is 11.7 Å². The van der Waals surface area contributed by atoms with Crippen molar-refractivity contribution in [1.29, 1.82) is 5.26 Å². The smallest absolute Gasteiger partial charge is 0.334 e. The lowest BCUT2D eigenvalue weighted by molar-refractivity contribution is -0.137. The van der Waals surface area contributed by atoms with Crippen LogP contribution in [0.15, 0.2) is 79.3 Å². The fraction of sp³-hybridized carbons (Fsp3) is 0.257. The van der Waals surface area contributed by atoms with Gasteiger partial charge in [-0.25, -0.2) is 4.98 Å². The molecule has 0 aliphatic heterocycles. The van der Waals surface area contributed by atoms with Crippen LogP contribution < -0.4 is 10.6 Å². The summed E-state index contributed by atoms with van der Waals surface area (Å²) >= 11 is 0. The highest BCUT2D eigenvalue weighted by Gasteiger charge is 2.35. The van der Waals surface area contributed by atoms with Crippen molar-refractivity contribution in [2.75, 3.05) is 11.9 Å². The number of benzene rings is 2. The summed E-state index contributed by atoms with van der Waals surface area (Å²) in [5.41, 5.74) is 1.37. The van der Waals surface area contributed by atoms with E-state index >= 15 is 0 Å². The van der Waals surface area contributed by atoms with Gasteiger partial charge in [-0.1, -0.05) is 31.4 Å². The van der Waals surface area contributed by atoms with Gasteiger partial charge >= 0.3 is 6.18 Å². The van der Waals surface area contributed by atoms with Crippen molar-refractivity contribution >= 4 is 33.9 Å². The molecule has 1 amide bonds. The number of rotatable bonds is 8. The largest absolute Gasteiger partial charge is 0.417 e. The summed E-state index contributed by atoms with van der Waals surface area (Å²) in [4.78, 5) is 30.4. The van der Waals surface area contributed by atoms with Gasteiger partial charge < -0.3 is 19.6 Å². The summed E-state index contributed by atoms with van der Waals surface area (Å²) in [6, 6.07) is 15.7. The Kier molecular flexibility index (Phi) is 8.47. The van der Waals surface area contributed by atoms with Crippen molar-refractivity contribution in [3.8, 4) is 17.2 Å². The van der Waals surface area contributed by atoms with Crippen LogP contribution in [0, 0.1) is 11.3 Å². The van der Waals surface area contributed by atoms with Gasteiger partial charge in [0.1, 0.15) is 6.07 Å². The molecule has 1 aliphatic carbocycles. The van der Waals surface area contributed by atoms with Crippen LogP contribution in [0.3, 0.4) is 0 Å². The Morgan fingerprint density at radius 1 is 1.04 bits per heavy atom. The highest BCUT2D eigenvalue weighted by molar-refractivity contribution is 6.10. The van der Waals surface area contributed by atoms with E-state index in [0.29, 0.717) is 34.7 Å². The normalized spacial score (nSPS) is 14.2. The van der Waals surface area contributed by atoms with E-state index in [0.717, 1.165) is 18.9 Å². The molecule has 1 aliphatic rings. The molecule has 0 radical (unpaired) electrons. The van der Waals surface area contributed by atoms with E-state index in [1.807, 2.05) is 6.07 Å². The van der Waals surface area contributed by atoms with Gasteiger partial charge in [0.05, 0.1) is 45.4 Å². The van der Waals surface area contributed by atoms with Crippen molar-refractivity contribution in [1.82, 2.24) is 19.3 Å². The van der Waals surface area contributed by atoms with Crippen LogP contribution in [0.25, 0.3) is 27.7 Å². The molecule has 11 heteroatoms. The number of nitrogens with one attached hydrogen (secondary N) is 2. The summed E-state index contributed by atoms with van der Waals surface area (Å²) in [6.07, 6.45) is 7.56. The molecule has 5 aromatic rings. The van der Waals surface area contributed by atoms with Gasteiger partial charge in [-0.3, -0.25) is 9.59 Å². The van der Waals surface area contributed by atoms with Crippen LogP contribution in [0.5, 0.6) is 0 Å². The molecule has 3 aromatic heterocycles. The van der Waals surface area contributed by atoms with Crippen LogP contribution >= 0.6 is 0 Å². The van der Waals surface area contributed by atoms with Crippen LogP contribution in [0.2, 0.25) is 0 Å². The molecule has 234 valence electrons. The first kappa shape index (κ1) is 30.8. The molecule has 0 saturated heterocycles. The number of nitriles is 1. The topological polar surface area (TPSA) is 104 Å². The number of alkyl halides is 3. The Morgan fingerprint density at radius 3 is 2.61 bits per heavy atom. The van der Waals surface area contributed by atoms with Gasteiger partial charge in [0.15, 0.2) is 0 Å². The third-order valence-corrected chi connectivity index (χ3v) is 8.44. The maximum Gasteiger partial charge on any atom is 0.417 e. The average molecular weight is 625 g/mol. The Labute approximate surface area is 263 Å². The maximum atomic E-state index is 14.2. The van der Waals surface area contributed by atoms with Gasteiger partial charge in [-0.05, 0) is 66.9 Å². The molecule has 2 aromatic carbocycles. The van der Waals surface area contributed by atoms with Crippen molar-refractivity contribution in [3.05, 3.63) is 102 Å². The van der Waals surface area contributed by atoms with Gasteiger partial charge in [0, 0.05) is 43.0 Å². The number of imidazole rings is 1. The van der Waals surface area contributed by atoms with Crippen LogP contribution in [0.4, 0.5) is 18.9 Å². The SMILES string of the molecule is Cn1cnc2cc(-c3cccn4c(C(=O)c5ccc(NC(=O)/C=C/CNC6CCCCC6)c(C#N)c5)ccc34)c(C(F)(F)F)cc21. The lowest BCUT2D eigenvalue weighted by Crippen LogP contribution is -2.31. The van der Waals surface area contributed by atoms with Gasteiger partial charge in [0.25, 0.3) is 0 Å². The summed E-state index contributed by atoms with van der Waals surface area (Å²) in [6.45, 7) is 0.568. The number of nitrogens with zero attached hydrogens (tertiary/aromatic N) is 4. The van der Waals surface area contributed by atoms with E-state index in [1.54, 1.807) is 43.6 Å². The zero-order valence-corrected chi connectivity index (χ0v) is 25.1. The number of pyridine rings is 1. The van der Waals surface area contributed by atoms with Crippen molar-refractivity contribution in [2.45, 2.75) is 44.3 Å². The first-order valence-electron chi connectivity index (χ1n) is 15.1. The molecule has 1 fully saturated rings. The highest BCUT2D eigenvalue weighted by atomic mass is 19.4. The minimum atomic E-state index is -4.63. The number of aromatic nitrogens is 3. The first-order valence-corrected chi connectivity index (χ1v) is 15.1. The number of carbonyl (C=O) groups excluding carboxylic acids is 2. The Bertz CT molecular complexity index is 2030. The summed E-state index contributed by atoms with van der Waals surface area (Å²) in [7, 11) is 1.63. The summed E-state index contributed by atoms with van der Waals surface area (Å²) in [5.74, 6) is -0.829. The van der Waals surface area contributed by atoms with Crippen molar-refractivity contribution < 1.29 is 22.8 Å².